The molecule has 0 spiro atoms. The molecule has 1 atom stereocenters. The van der Waals surface area contributed by atoms with E-state index in [1.54, 1.807) is 23.1 Å². The van der Waals surface area contributed by atoms with Gasteiger partial charge in [0.05, 0.1) is 0 Å². The number of carbonyl (C=O) groups excluding carboxylic acids is 1. The van der Waals surface area contributed by atoms with Crippen LogP contribution in [0.1, 0.15) is 16.9 Å². The molecule has 98 valence electrons. The predicted molar refractivity (Wildman–Crippen MR) is 71.2 cm³/mol. The summed E-state index contributed by atoms with van der Waals surface area (Å²) in [6.07, 6.45) is 1.15. The van der Waals surface area contributed by atoms with Crippen LogP contribution in [0.25, 0.3) is 0 Å². The third kappa shape index (κ3) is 2.98. The van der Waals surface area contributed by atoms with E-state index in [4.69, 9.17) is 5.73 Å². The van der Waals surface area contributed by atoms with E-state index in [9.17, 15) is 4.79 Å². The maximum absolute atomic E-state index is 12.2. The van der Waals surface area contributed by atoms with Gasteiger partial charge >= 0.3 is 0 Å². The van der Waals surface area contributed by atoms with Crippen molar-refractivity contribution in [2.45, 2.75) is 6.42 Å². The summed E-state index contributed by atoms with van der Waals surface area (Å²) < 4.78 is 0. The number of rotatable bonds is 3. The Kier molecular flexibility index (Phi) is 3.81. The van der Waals surface area contributed by atoms with Crippen molar-refractivity contribution >= 4 is 11.7 Å². The molecule has 18 heavy (non-hydrogen) atoms. The van der Waals surface area contributed by atoms with Crippen molar-refractivity contribution in [3.05, 3.63) is 23.9 Å². The van der Waals surface area contributed by atoms with Crippen LogP contribution in [0.5, 0.6) is 0 Å². The SMILES string of the molecule is CN1CCC(CN(C)C(=O)c2cccc(N)n2)C1. The third-order valence-electron chi connectivity index (χ3n) is 3.36. The van der Waals surface area contributed by atoms with Crippen LogP contribution in [0, 0.1) is 5.92 Å². The van der Waals surface area contributed by atoms with Crippen LogP contribution < -0.4 is 5.73 Å². The number of hydrogen-bond donors (Lipinski definition) is 1. The van der Waals surface area contributed by atoms with Crippen molar-refractivity contribution in [2.24, 2.45) is 5.92 Å². The number of nitrogens with zero attached hydrogens (tertiary/aromatic N) is 3. The number of hydrogen-bond acceptors (Lipinski definition) is 4. The van der Waals surface area contributed by atoms with Crippen LogP contribution in [-0.2, 0) is 0 Å². The molecule has 1 aliphatic heterocycles. The summed E-state index contributed by atoms with van der Waals surface area (Å²) in [5.41, 5.74) is 6.01. The average molecular weight is 248 g/mol. The first-order chi connectivity index (χ1) is 8.56. The minimum atomic E-state index is -0.0585. The van der Waals surface area contributed by atoms with E-state index in [1.165, 1.54) is 0 Å². The molecule has 0 aromatic carbocycles. The van der Waals surface area contributed by atoms with E-state index < -0.39 is 0 Å². The first kappa shape index (κ1) is 12.8. The van der Waals surface area contributed by atoms with Crippen LogP contribution in [0.3, 0.4) is 0 Å². The van der Waals surface area contributed by atoms with Gasteiger partial charge in [0.15, 0.2) is 0 Å². The van der Waals surface area contributed by atoms with Crippen LogP contribution in [0.4, 0.5) is 5.82 Å². The molecule has 2 heterocycles. The molecule has 1 aromatic heterocycles. The Morgan fingerprint density at radius 3 is 3.00 bits per heavy atom. The third-order valence-corrected chi connectivity index (χ3v) is 3.36. The maximum atomic E-state index is 12.2. The molecule has 5 nitrogen and oxygen atoms in total. The fourth-order valence-corrected chi connectivity index (χ4v) is 2.41. The minimum Gasteiger partial charge on any atom is -0.384 e. The monoisotopic (exact) mass is 248 g/mol. The quantitative estimate of drug-likeness (QED) is 0.854. The van der Waals surface area contributed by atoms with Gasteiger partial charge < -0.3 is 15.5 Å². The van der Waals surface area contributed by atoms with Crippen molar-refractivity contribution in [2.75, 3.05) is 39.5 Å². The number of aromatic nitrogens is 1. The Hall–Kier alpha value is -1.62. The Labute approximate surface area is 108 Å². The fraction of sp³-hybridized carbons (Fsp3) is 0.538. The van der Waals surface area contributed by atoms with Gasteiger partial charge in [-0.15, -0.1) is 0 Å². The Morgan fingerprint density at radius 1 is 1.61 bits per heavy atom. The standard InChI is InChI=1S/C13H20N4O/c1-16-7-6-10(8-16)9-17(2)13(18)11-4-3-5-12(14)15-11/h3-5,10H,6-9H2,1-2H3,(H2,14,15). The summed E-state index contributed by atoms with van der Waals surface area (Å²) in [5, 5.41) is 0. The normalized spacial score (nSPS) is 20.0. The van der Waals surface area contributed by atoms with Crippen molar-refractivity contribution in [1.29, 1.82) is 0 Å². The first-order valence-electron chi connectivity index (χ1n) is 6.23. The zero-order valence-electron chi connectivity index (χ0n) is 11.0. The van der Waals surface area contributed by atoms with Gasteiger partial charge in [-0.3, -0.25) is 4.79 Å². The highest BCUT2D eigenvalue weighted by molar-refractivity contribution is 5.92. The number of likely N-dealkylation sites (tertiary alicyclic amines) is 1. The van der Waals surface area contributed by atoms with E-state index in [-0.39, 0.29) is 5.91 Å². The van der Waals surface area contributed by atoms with Crippen molar-refractivity contribution in [1.82, 2.24) is 14.8 Å². The largest absolute Gasteiger partial charge is 0.384 e. The maximum Gasteiger partial charge on any atom is 0.272 e. The molecule has 0 bridgehead atoms. The highest BCUT2D eigenvalue weighted by atomic mass is 16.2. The van der Waals surface area contributed by atoms with Crippen LogP contribution in [0.2, 0.25) is 0 Å². The van der Waals surface area contributed by atoms with Gasteiger partial charge in [0.25, 0.3) is 5.91 Å². The minimum absolute atomic E-state index is 0.0585. The van der Waals surface area contributed by atoms with Crippen molar-refractivity contribution < 1.29 is 4.79 Å². The first-order valence-corrected chi connectivity index (χ1v) is 6.23. The van der Waals surface area contributed by atoms with Crippen LogP contribution in [-0.4, -0.2) is 54.4 Å². The van der Waals surface area contributed by atoms with Gasteiger partial charge in [0.2, 0.25) is 0 Å². The number of amides is 1. The fourth-order valence-electron chi connectivity index (χ4n) is 2.41. The molecular formula is C13H20N4O. The molecule has 1 saturated heterocycles. The van der Waals surface area contributed by atoms with E-state index in [2.05, 4.69) is 16.9 Å². The summed E-state index contributed by atoms with van der Waals surface area (Å²) in [4.78, 5) is 20.3. The lowest BCUT2D eigenvalue weighted by molar-refractivity contribution is 0.0768. The van der Waals surface area contributed by atoms with Gasteiger partial charge in [-0.05, 0) is 38.1 Å². The van der Waals surface area contributed by atoms with E-state index in [0.717, 1.165) is 26.1 Å². The van der Waals surface area contributed by atoms with Gasteiger partial charge in [-0.25, -0.2) is 4.98 Å². The van der Waals surface area contributed by atoms with E-state index in [0.29, 0.717) is 17.4 Å². The lowest BCUT2D eigenvalue weighted by Gasteiger charge is -2.20. The number of pyridine rings is 1. The molecule has 1 unspecified atom stereocenters. The number of nitrogens with two attached hydrogens (primary N) is 1. The highest BCUT2D eigenvalue weighted by Gasteiger charge is 2.23. The second-order valence-electron chi connectivity index (χ2n) is 5.05. The molecule has 5 heteroatoms. The Bertz CT molecular complexity index is 435. The average Bonchev–Trinajstić information content (AvgIpc) is 2.73. The number of nitrogen functional groups attached to an aromatic ring is 1. The lowest BCUT2D eigenvalue weighted by Crippen LogP contribution is -2.33. The lowest BCUT2D eigenvalue weighted by atomic mass is 10.1. The molecule has 1 aromatic rings. The van der Waals surface area contributed by atoms with Crippen molar-refractivity contribution in [3.8, 4) is 0 Å². The highest BCUT2D eigenvalue weighted by Crippen LogP contribution is 2.16. The summed E-state index contributed by atoms with van der Waals surface area (Å²) in [6.45, 7) is 2.95. The van der Waals surface area contributed by atoms with Crippen LogP contribution in [0.15, 0.2) is 18.2 Å². The Morgan fingerprint density at radius 2 is 2.39 bits per heavy atom. The molecule has 1 fully saturated rings. The summed E-state index contributed by atoms with van der Waals surface area (Å²) in [6, 6.07) is 5.14. The smallest absolute Gasteiger partial charge is 0.272 e. The number of anilines is 1. The molecule has 2 N–H and O–H groups in total. The van der Waals surface area contributed by atoms with Crippen molar-refractivity contribution in [3.63, 3.8) is 0 Å². The molecule has 0 aliphatic carbocycles. The zero-order valence-corrected chi connectivity index (χ0v) is 11.0. The molecule has 1 amide bonds. The van der Waals surface area contributed by atoms with Gasteiger partial charge in [0, 0.05) is 20.1 Å². The summed E-state index contributed by atoms with van der Waals surface area (Å²) >= 11 is 0. The van der Waals surface area contributed by atoms with Crippen LogP contribution >= 0.6 is 0 Å². The Balaban J connectivity index is 1.96. The topological polar surface area (TPSA) is 62.5 Å². The number of carbonyl (C=O) groups is 1. The van der Waals surface area contributed by atoms with Gasteiger partial charge in [0.1, 0.15) is 11.5 Å². The van der Waals surface area contributed by atoms with Gasteiger partial charge in [-0.1, -0.05) is 6.07 Å². The molecule has 2 rings (SSSR count). The molecule has 0 radical (unpaired) electrons. The van der Waals surface area contributed by atoms with Gasteiger partial charge in [-0.2, -0.15) is 0 Å². The second-order valence-corrected chi connectivity index (χ2v) is 5.05. The molecule has 1 aliphatic rings. The molecular weight excluding hydrogens is 228 g/mol. The van der Waals surface area contributed by atoms with E-state index >= 15 is 0 Å². The predicted octanol–water partition coefficient (Wildman–Crippen LogP) is 0.687. The summed E-state index contributed by atoms with van der Waals surface area (Å²) in [7, 11) is 3.94. The van der Waals surface area contributed by atoms with E-state index in [1.807, 2.05) is 7.05 Å². The summed E-state index contributed by atoms with van der Waals surface area (Å²) in [5.74, 6) is 0.886. The molecule has 0 saturated carbocycles. The zero-order chi connectivity index (χ0) is 13.1. The second kappa shape index (κ2) is 5.35.